The van der Waals surface area contributed by atoms with E-state index in [4.69, 9.17) is 5.73 Å². The maximum absolute atomic E-state index is 12.3. The van der Waals surface area contributed by atoms with Crippen molar-refractivity contribution in [2.75, 3.05) is 13.1 Å². The van der Waals surface area contributed by atoms with Crippen molar-refractivity contribution >= 4 is 30.0 Å². The van der Waals surface area contributed by atoms with E-state index in [9.17, 15) is 4.79 Å². The van der Waals surface area contributed by atoms with Gasteiger partial charge < -0.3 is 10.6 Å². The van der Waals surface area contributed by atoms with Crippen molar-refractivity contribution < 1.29 is 4.79 Å². The van der Waals surface area contributed by atoms with Gasteiger partial charge in [0.1, 0.15) is 0 Å². The van der Waals surface area contributed by atoms with Gasteiger partial charge in [0.15, 0.2) is 5.69 Å². The van der Waals surface area contributed by atoms with Gasteiger partial charge in [-0.25, -0.2) is 0 Å². The minimum atomic E-state index is -0.0916. The van der Waals surface area contributed by atoms with Crippen LogP contribution in [0.15, 0.2) is 36.5 Å². The van der Waals surface area contributed by atoms with Crippen LogP contribution in [0.2, 0.25) is 0 Å². The van der Waals surface area contributed by atoms with E-state index < -0.39 is 0 Å². The fourth-order valence-electron chi connectivity index (χ4n) is 1.76. The lowest BCUT2D eigenvalue weighted by Crippen LogP contribution is -2.32. The quantitative estimate of drug-likeness (QED) is 0.885. The molecule has 2 rings (SSSR count). The van der Waals surface area contributed by atoms with Gasteiger partial charge in [-0.15, -0.1) is 12.4 Å². The maximum atomic E-state index is 12.3. The molecule has 0 spiro atoms. The minimum absolute atomic E-state index is 0. The van der Waals surface area contributed by atoms with Gasteiger partial charge in [-0.05, 0) is 18.5 Å². The van der Waals surface area contributed by atoms with Crippen LogP contribution in [0.1, 0.15) is 22.5 Å². The predicted octanol–water partition coefficient (Wildman–Crippen LogP) is 1.95. The van der Waals surface area contributed by atoms with Crippen LogP contribution in [0.5, 0.6) is 0 Å². The molecule has 0 saturated heterocycles. The first-order valence-corrected chi connectivity index (χ1v) is 6.85. The van der Waals surface area contributed by atoms with Gasteiger partial charge in [-0.1, -0.05) is 30.3 Å². The van der Waals surface area contributed by atoms with Crippen LogP contribution in [0, 0.1) is 0 Å². The SMILES string of the molecule is Cl.NCCCN(Cc1ccccc1)C(=O)c1cnsn1. The summed E-state index contributed by atoms with van der Waals surface area (Å²) in [6.45, 7) is 1.76. The molecule has 0 aliphatic rings. The van der Waals surface area contributed by atoms with Crippen LogP contribution in [0.4, 0.5) is 0 Å². The highest BCUT2D eigenvalue weighted by atomic mass is 35.5. The molecule has 5 nitrogen and oxygen atoms in total. The molecule has 0 atom stereocenters. The monoisotopic (exact) mass is 312 g/mol. The number of benzene rings is 1. The molecule has 1 aromatic heterocycles. The lowest BCUT2D eigenvalue weighted by atomic mass is 10.2. The number of halogens is 1. The summed E-state index contributed by atoms with van der Waals surface area (Å²) in [7, 11) is 0. The summed E-state index contributed by atoms with van der Waals surface area (Å²) in [4.78, 5) is 14.1. The topological polar surface area (TPSA) is 72.1 Å². The van der Waals surface area contributed by atoms with E-state index in [-0.39, 0.29) is 18.3 Å². The van der Waals surface area contributed by atoms with Crippen molar-refractivity contribution in [2.45, 2.75) is 13.0 Å². The van der Waals surface area contributed by atoms with E-state index in [1.54, 1.807) is 4.90 Å². The van der Waals surface area contributed by atoms with Crippen molar-refractivity contribution in [3.63, 3.8) is 0 Å². The first-order chi connectivity index (χ1) is 9.31. The number of carbonyl (C=O) groups excluding carboxylic acids is 1. The molecule has 1 aromatic carbocycles. The van der Waals surface area contributed by atoms with Crippen LogP contribution < -0.4 is 5.73 Å². The molecule has 7 heteroatoms. The molecule has 2 N–H and O–H groups in total. The Labute approximate surface area is 128 Å². The van der Waals surface area contributed by atoms with Gasteiger partial charge in [0.25, 0.3) is 5.91 Å². The Morgan fingerprint density at radius 2 is 2.05 bits per heavy atom. The lowest BCUT2D eigenvalue weighted by molar-refractivity contribution is 0.0737. The molecular weight excluding hydrogens is 296 g/mol. The summed E-state index contributed by atoms with van der Waals surface area (Å²) in [5, 5.41) is 0. The highest BCUT2D eigenvalue weighted by Gasteiger charge is 2.17. The first-order valence-electron chi connectivity index (χ1n) is 6.12. The fraction of sp³-hybridized carbons (Fsp3) is 0.308. The molecule has 0 aliphatic heterocycles. The van der Waals surface area contributed by atoms with E-state index >= 15 is 0 Å². The van der Waals surface area contributed by atoms with Gasteiger partial charge in [0.05, 0.1) is 17.9 Å². The number of aromatic nitrogens is 2. The second-order valence-electron chi connectivity index (χ2n) is 4.15. The van der Waals surface area contributed by atoms with Crippen LogP contribution in [0.25, 0.3) is 0 Å². The normalized spacial score (nSPS) is 9.85. The summed E-state index contributed by atoms with van der Waals surface area (Å²) < 4.78 is 7.87. The van der Waals surface area contributed by atoms with Gasteiger partial charge in [-0.2, -0.15) is 8.75 Å². The molecule has 0 unspecified atom stereocenters. The Morgan fingerprint density at radius 3 is 2.65 bits per heavy atom. The number of rotatable bonds is 6. The highest BCUT2D eigenvalue weighted by Crippen LogP contribution is 2.09. The van der Waals surface area contributed by atoms with Gasteiger partial charge in [0, 0.05) is 13.1 Å². The minimum Gasteiger partial charge on any atom is -0.333 e. The van der Waals surface area contributed by atoms with Gasteiger partial charge in [0.2, 0.25) is 0 Å². The van der Waals surface area contributed by atoms with E-state index in [2.05, 4.69) is 8.75 Å². The zero-order valence-electron chi connectivity index (χ0n) is 10.9. The Bertz CT molecular complexity index is 506. The second-order valence-corrected chi connectivity index (χ2v) is 4.70. The van der Waals surface area contributed by atoms with E-state index in [1.807, 2.05) is 30.3 Å². The Kier molecular flexibility index (Phi) is 7.14. The molecule has 2 aromatic rings. The molecule has 0 saturated carbocycles. The van der Waals surface area contributed by atoms with E-state index in [1.165, 1.54) is 6.20 Å². The molecule has 0 aliphatic carbocycles. The lowest BCUT2D eigenvalue weighted by Gasteiger charge is -2.21. The fourth-order valence-corrected chi connectivity index (χ4v) is 2.17. The average molecular weight is 313 g/mol. The summed E-state index contributed by atoms with van der Waals surface area (Å²) in [5.41, 5.74) is 7.02. The number of hydrogen-bond acceptors (Lipinski definition) is 5. The number of carbonyl (C=O) groups is 1. The summed E-state index contributed by atoms with van der Waals surface area (Å²) in [6.07, 6.45) is 2.28. The summed E-state index contributed by atoms with van der Waals surface area (Å²) >= 11 is 1.04. The van der Waals surface area contributed by atoms with Crippen LogP contribution in [-0.4, -0.2) is 32.6 Å². The van der Waals surface area contributed by atoms with Gasteiger partial charge in [-0.3, -0.25) is 4.79 Å². The van der Waals surface area contributed by atoms with Crippen molar-refractivity contribution in [1.82, 2.24) is 13.6 Å². The molecule has 0 bridgehead atoms. The van der Waals surface area contributed by atoms with Crippen LogP contribution >= 0.6 is 24.1 Å². The Morgan fingerprint density at radius 1 is 1.30 bits per heavy atom. The van der Waals surface area contributed by atoms with Crippen molar-refractivity contribution in [3.8, 4) is 0 Å². The third-order valence-corrected chi connectivity index (χ3v) is 3.19. The Balaban J connectivity index is 0.00000200. The zero-order valence-corrected chi connectivity index (χ0v) is 12.6. The third kappa shape index (κ3) is 4.56. The average Bonchev–Trinajstić information content (AvgIpc) is 2.98. The van der Waals surface area contributed by atoms with E-state index in [0.717, 1.165) is 23.7 Å². The molecule has 20 heavy (non-hydrogen) atoms. The molecule has 0 fully saturated rings. The van der Waals surface area contributed by atoms with E-state index in [0.29, 0.717) is 25.3 Å². The Hall–Kier alpha value is -1.50. The predicted molar refractivity (Wildman–Crippen MR) is 82.0 cm³/mol. The number of amides is 1. The second kappa shape index (κ2) is 8.63. The zero-order chi connectivity index (χ0) is 13.5. The number of hydrogen-bond donors (Lipinski definition) is 1. The molecule has 1 heterocycles. The number of nitrogens with two attached hydrogens (primary N) is 1. The van der Waals surface area contributed by atoms with Crippen LogP contribution in [0.3, 0.4) is 0 Å². The molecule has 1 amide bonds. The molecule has 108 valence electrons. The summed E-state index contributed by atoms with van der Waals surface area (Å²) in [6, 6.07) is 9.89. The van der Waals surface area contributed by atoms with Crippen molar-refractivity contribution in [2.24, 2.45) is 5.73 Å². The number of nitrogens with zero attached hydrogens (tertiary/aromatic N) is 3. The maximum Gasteiger partial charge on any atom is 0.275 e. The molecular formula is C13H17ClN4OS. The highest BCUT2D eigenvalue weighted by molar-refractivity contribution is 6.99. The largest absolute Gasteiger partial charge is 0.333 e. The summed E-state index contributed by atoms with van der Waals surface area (Å²) in [5.74, 6) is -0.0916. The first kappa shape index (κ1) is 16.6. The van der Waals surface area contributed by atoms with Crippen LogP contribution in [-0.2, 0) is 6.54 Å². The van der Waals surface area contributed by atoms with Crippen molar-refractivity contribution in [3.05, 3.63) is 47.8 Å². The third-order valence-electron chi connectivity index (χ3n) is 2.72. The van der Waals surface area contributed by atoms with Crippen molar-refractivity contribution in [1.29, 1.82) is 0 Å². The smallest absolute Gasteiger partial charge is 0.275 e. The molecule has 0 radical (unpaired) electrons. The van der Waals surface area contributed by atoms with Gasteiger partial charge >= 0.3 is 0 Å². The standard InChI is InChI=1S/C13H16N4OS.ClH/c14-7-4-8-17(10-11-5-2-1-3-6-11)13(18)12-9-15-19-16-12;/h1-3,5-6,9H,4,7-8,10,14H2;1H.